The molecule has 0 saturated heterocycles. The van der Waals surface area contributed by atoms with Crippen LogP contribution >= 0.6 is 7.82 Å². The molecule has 200 valence electrons. The lowest BCUT2D eigenvalue weighted by Crippen LogP contribution is -1.92. The van der Waals surface area contributed by atoms with Gasteiger partial charge in [0.1, 0.15) is 0 Å². The van der Waals surface area contributed by atoms with Crippen LogP contribution in [0.1, 0.15) is 174 Å². The number of rotatable bonds is 28. The molecule has 4 nitrogen and oxygen atoms in total. The Balaban J connectivity index is 3.03. The van der Waals surface area contributed by atoms with E-state index in [-0.39, 0.29) is 6.61 Å². The summed E-state index contributed by atoms with van der Waals surface area (Å²) in [4.78, 5) is 17.2. The molecule has 0 aromatic carbocycles. The molecule has 2 N–H and O–H groups in total. The number of unbranched alkanes of at least 4 members (excludes halogenated alkanes) is 25. The molecular weight excluding hydrogens is 431 g/mol. The van der Waals surface area contributed by atoms with Gasteiger partial charge in [-0.05, 0) is 6.42 Å². The van der Waals surface area contributed by atoms with Crippen molar-refractivity contribution >= 4 is 7.82 Å². The zero-order valence-corrected chi connectivity index (χ0v) is 23.1. The van der Waals surface area contributed by atoms with Gasteiger partial charge in [-0.25, -0.2) is 4.57 Å². The lowest BCUT2D eigenvalue weighted by Gasteiger charge is -2.05. The summed E-state index contributed by atoms with van der Waals surface area (Å²) in [5, 5.41) is 0. The maximum atomic E-state index is 10.5. The standard InChI is InChI=1S/C28H59O4P/c1-2-3-4-5-6-7-8-9-10-11-12-13-14-15-16-17-18-19-20-21-22-23-24-25-26-27-28-32-33(29,30)31/h2-28H2,1H3,(H2,29,30,31). The van der Waals surface area contributed by atoms with Crippen molar-refractivity contribution in [3.63, 3.8) is 0 Å². The Bertz CT molecular complexity index is 411. The fraction of sp³-hybridized carbons (Fsp3) is 1.00. The molecule has 0 spiro atoms. The summed E-state index contributed by atoms with van der Waals surface area (Å²) >= 11 is 0. The fourth-order valence-corrected chi connectivity index (χ4v) is 4.97. The molecule has 0 unspecified atom stereocenters. The summed E-state index contributed by atoms with van der Waals surface area (Å²) in [6.07, 6.45) is 35.4. The van der Waals surface area contributed by atoms with E-state index in [0.717, 1.165) is 19.3 Å². The highest BCUT2D eigenvalue weighted by molar-refractivity contribution is 7.46. The molecule has 0 radical (unpaired) electrons. The van der Waals surface area contributed by atoms with Crippen LogP contribution in [0, 0.1) is 0 Å². The summed E-state index contributed by atoms with van der Waals surface area (Å²) in [5.41, 5.74) is 0. The summed E-state index contributed by atoms with van der Waals surface area (Å²) in [6.45, 7) is 2.46. The predicted molar refractivity (Wildman–Crippen MR) is 144 cm³/mol. The van der Waals surface area contributed by atoms with Gasteiger partial charge in [-0.3, -0.25) is 4.52 Å². The van der Waals surface area contributed by atoms with Gasteiger partial charge in [-0.2, -0.15) is 0 Å². The van der Waals surface area contributed by atoms with Crippen molar-refractivity contribution in [3.8, 4) is 0 Å². The van der Waals surface area contributed by atoms with Gasteiger partial charge in [0.2, 0.25) is 0 Å². The molecule has 0 amide bonds. The molecule has 0 aliphatic carbocycles. The maximum absolute atomic E-state index is 10.5. The van der Waals surface area contributed by atoms with Gasteiger partial charge < -0.3 is 9.79 Å². The summed E-state index contributed by atoms with van der Waals surface area (Å²) in [7, 11) is -4.27. The van der Waals surface area contributed by atoms with Gasteiger partial charge in [0, 0.05) is 0 Å². The van der Waals surface area contributed by atoms with Crippen LogP contribution in [-0.4, -0.2) is 16.4 Å². The van der Waals surface area contributed by atoms with Crippen molar-refractivity contribution in [3.05, 3.63) is 0 Å². The van der Waals surface area contributed by atoms with E-state index in [9.17, 15) is 4.57 Å². The predicted octanol–water partition coefficient (Wildman–Crippen LogP) is 10.3. The van der Waals surface area contributed by atoms with Gasteiger partial charge in [0.15, 0.2) is 0 Å². The van der Waals surface area contributed by atoms with Crippen LogP contribution in [0.4, 0.5) is 0 Å². The van der Waals surface area contributed by atoms with E-state index in [1.807, 2.05) is 0 Å². The van der Waals surface area contributed by atoms with Crippen LogP contribution in [0.2, 0.25) is 0 Å². The molecule has 0 aliphatic heterocycles. The first-order valence-electron chi connectivity index (χ1n) is 14.8. The summed E-state index contributed by atoms with van der Waals surface area (Å²) < 4.78 is 15.0. The normalized spacial score (nSPS) is 12.0. The SMILES string of the molecule is CCCCCCCCCCCCCCCCCCCCCCCCCCCCOP(=O)(O)O. The number of hydrogen-bond donors (Lipinski definition) is 2. The second-order valence-electron chi connectivity index (χ2n) is 10.2. The Labute approximate surface area is 207 Å². The first-order chi connectivity index (χ1) is 16.1. The quantitative estimate of drug-likeness (QED) is 0.0845. The van der Waals surface area contributed by atoms with E-state index in [1.165, 1.54) is 148 Å². The van der Waals surface area contributed by atoms with Gasteiger partial charge in [-0.1, -0.05) is 167 Å². The molecule has 0 atom stereocenters. The van der Waals surface area contributed by atoms with E-state index in [4.69, 9.17) is 9.79 Å². The topological polar surface area (TPSA) is 66.8 Å². The second-order valence-corrected chi connectivity index (χ2v) is 11.4. The third kappa shape index (κ3) is 32.1. The van der Waals surface area contributed by atoms with E-state index in [0.29, 0.717) is 0 Å². The first kappa shape index (κ1) is 33.1. The minimum Gasteiger partial charge on any atom is -0.303 e. The molecule has 0 bridgehead atoms. The van der Waals surface area contributed by atoms with Crippen LogP contribution in [0.3, 0.4) is 0 Å². The van der Waals surface area contributed by atoms with Gasteiger partial charge in [0.05, 0.1) is 6.61 Å². The van der Waals surface area contributed by atoms with Gasteiger partial charge in [-0.15, -0.1) is 0 Å². The molecule has 0 fully saturated rings. The lowest BCUT2D eigenvalue weighted by atomic mass is 10.0. The van der Waals surface area contributed by atoms with Crippen LogP contribution in [0.15, 0.2) is 0 Å². The average Bonchev–Trinajstić information content (AvgIpc) is 2.78. The van der Waals surface area contributed by atoms with Crippen LogP contribution in [0.5, 0.6) is 0 Å². The third-order valence-electron chi connectivity index (χ3n) is 6.76. The molecule has 0 heterocycles. The third-order valence-corrected chi connectivity index (χ3v) is 7.28. The largest absolute Gasteiger partial charge is 0.469 e. The minimum atomic E-state index is -4.27. The van der Waals surface area contributed by atoms with Crippen LogP contribution in [0.25, 0.3) is 0 Å². The van der Waals surface area contributed by atoms with E-state index in [1.54, 1.807) is 0 Å². The van der Waals surface area contributed by atoms with Crippen molar-refractivity contribution in [2.24, 2.45) is 0 Å². The van der Waals surface area contributed by atoms with E-state index in [2.05, 4.69) is 11.4 Å². The first-order valence-corrected chi connectivity index (χ1v) is 16.3. The molecule has 0 rings (SSSR count). The smallest absolute Gasteiger partial charge is 0.303 e. The Kier molecular flexibility index (Phi) is 26.8. The number of phosphoric acid groups is 1. The van der Waals surface area contributed by atoms with Gasteiger partial charge >= 0.3 is 7.82 Å². The van der Waals surface area contributed by atoms with E-state index >= 15 is 0 Å². The van der Waals surface area contributed by atoms with Crippen molar-refractivity contribution in [2.45, 2.75) is 174 Å². The Morgan fingerprint density at radius 1 is 0.424 bits per heavy atom. The second kappa shape index (κ2) is 26.7. The minimum absolute atomic E-state index is 0.170. The highest BCUT2D eigenvalue weighted by Gasteiger charge is 2.12. The summed E-state index contributed by atoms with van der Waals surface area (Å²) in [5.74, 6) is 0. The fourth-order valence-electron chi connectivity index (χ4n) is 4.60. The summed E-state index contributed by atoms with van der Waals surface area (Å²) in [6, 6.07) is 0. The van der Waals surface area contributed by atoms with E-state index < -0.39 is 7.82 Å². The maximum Gasteiger partial charge on any atom is 0.469 e. The Morgan fingerprint density at radius 2 is 0.636 bits per heavy atom. The van der Waals surface area contributed by atoms with Crippen molar-refractivity contribution in [2.75, 3.05) is 6.61 Å². The zero-order chi connectivity index (χ0) is 24.3. The number of hydrogen-bond acceptors (Lipinski definition) is 2. The van der Waals surface area contributed by atoms with Gasteiger partial charge in [0.25, 0.3) is 0 Å². The molecule has 0 aromatic heterocycles. The van der Waals surface area contributed by atoms with Crippen LogP contribution in [-0.2, 0) is 9.09 Å². The zero-order valence-electron chi connectivity index (χ0n) is 22.3. The monoisotopic (exact) mass is 490 g/mol. The average molecular weight is 491 g/mol. The van der Waals surface area contributed by atoms with Crippen LogP contribution < -0.4 is 0 Å². The molecule has 33 heavy (non-hydrogen) atoms. The lowest BCUT2D eigenvalue weighted by molar-refractivity contribution is 0.193. The van der Waals surface area contributed by atoms with Crippen molar-refractivity contribution < 1.29 is 18.9 Å². The highest BCUT2D eigenvalue weighted by atomic mass is 31.2. The molecule has 0 aromatic rings. The Hall–Kier alpha value is 0.110. The van der Waals surface area contributed by atoms with Crippen molar-refractivity contribution in [1.82, 2.24) is 0 Å². The molecule has 0 aliphatic rings. The number of phosphoric ester groups is 1. The molecule has 0 saturated carbocycles. The Morgan fingerprint density at radius 3 is 0.848 bits per heavy atom. The highest BCUT2D eigenvalue weighted by Crippen LogP contribution is 2.35. The molecule has 5 heteroatoms. The molecular formula is C28H59O4P. The van der Waals surface area contributed by atoms with Crippen molar-refractivity contribution in [1.29, 1.82) is 0 Å².